The third-order valence-electron chi connectivity index (χ3n) is 15.5. The summed E-state index contributed by atoms with van der Waals surface area (Å²) in [5.74, 6) is 0. The van der Waals surface area contributed by atoms with Crippen LogP contribution in [0.15, 0.2) is 259 Å². The standard InChI is InChI=1S/C70H42N2OS/c1-2-10-43(11-3-1)44-18-28-52(29-19-44)71-62-32-23-48(38-57(62)58-39-49(24-33-63(58)71)51-27-37-69-60(41-51)56-15-7-9-17-68(56)74-69)50-25-34-64-61(42-50)70-54-13-5-4-12-46(54)22-35-65(70)72(64)53-30-20-45(21-31-53)47-26-36-67-59(40-47)55-14-6-8-16-66(55)73-67/h1-42H. The van der Waals surface area contributed by atoms with Crippen molar-refractivity contribution >= 4 is 108 Å². The normalized spacial score (nSPS) is 12.1. The van der Waals surface area contributed by atoms with E-state index < -0.39 is 0 Å². The molecule has 0 aliphatic carbocycles. The van der Waals surface area contributed by atoms with Crippen LogP contribution in [0.1, 0.15) is 0 Å². The summed E-state index contributed by atoms with van der Waals surface area (Å²) in [7, 11) is 0. The van der Waals surface area contributed by atoms with Gasteiger partial charge >= 0.3 is 0 Å². The summed E-state index contributed by atoms with van der Waals surface area (Å²) in [4.78, 5) is 0. The monoisotopic (exact) mass is 958 g/mol. The highest BCUT2D eigenvalue weighted by molar-refractivity contribution is 7.25. The van der Waals surface area contributed by atoms with Crippen molar-refractivity contribution in [1.82, 2.24) is 9.13 Å². The van der Waals surface area contributed by atoms with Gasteiger partial charge in [0.2, 0.25) is 0 Å². The molecule has 0 spiro atoms. The molecule has 0 aliphatic heterocycles. The van der Waals surface area contributed by atoms with Crippen molar-refractivity contribution in [3.63, 3.8) is 0 Å². The first-order valence-electron chi connectivity index (χ1n) is 25.3. The molecule has 16 rings (SSSR count). The number of thiophene rings is 1. The maximum Gasteiger partial charge on any atom is 0.135 e. The first kappa shape index (κ1) is 41.2. The zero-order valence-corrected chi connectivity index (χ0v) is 40.8. The van der Waals surface area contributed by atoms with Gasteiger partial charge in [0.15, 0.2) is 0 Å². The molecule has 4 heterocycles. The molecule has 0 radical (unpaired) electrons. The molecular weight excluding hydrogens is 917 g/mol. The number of fused-ring (bicyclic) bond motifs is 14. The van der Waals surface area contributed by atoms with Crippen LogP contribution in [0.5, 0.6) is 0 Å². The Labute approximate surface area is 429 Å². The van der Waals surface area contributed by atoms with Crippen LogP contribution >= 0.6 is 11.3 Å². The van der Waals surface area contributed by atoms with E-state index in [0.717, 1.165) is 33.3 Å². The van der Waals surface area contributed by atoms with Gasteiger partial charge in [-0.15, -0.1) is 11.3 Å². The zero-order chi connectivity index (χ0) is 48.4. The van der Waals surface area contributed by atoms with Crippen LogP contribution in [0.4, 0.5) is 0 Å². The molecule has 0 unspecified atom stereocenters. The molecule has 0 aliphatic rings. The van der Waals surface area contributed by atoms with Crippen molar-refractivity contribution in [1.29, 1.82) is 0 Å². The quantitative estimate of drug-likeness (QED) is 0.163. The smallest absolute Gasteiger partial charge is 0.135 e. The Hall–Kier alpha value is -9.48. The number of hydrogen-bond acceptors (Lipinski definition) is 2. The average molecular weight is 959 g/mol. The fraction of sp³-hybridized carbons (Fsp3) is 0. The van der Waals surface area contributed by atoms with Gasteiger partial charge in [-0.25, -0.2) is 0 Å². The zero-order valence-electron chi connectivity index (χ0n) is 40.0. The Kier molecular flexibility index (Phi) is 8.91. The number of para-hydroxylation sites is 1. The largest absolute Gasteiger partial charge is 0.456 e. The fourth-order valence-corrected chi connectivity index (χ4v) is 13.0. The van der Waals surface area contributed by atoms with E-state index in [0.29, 0.717) is 0 Å². The van der Waals surface area contributed by atoms with Crippen LogP contribution in [0.2, 0.25) is 0 Å². The number of hydrogen-bond donors (Lipinski definition) is 0. The first-order chi connectivity index (χ1) is 36.6. The minimum absolute atomic E-state index is 0.908. The molecule has 0 fully saturated rings. The lowest BCUT2D eigenvalue weighted by atomic mass is 9.98. The molecule has 3 nitrogen and oxygen atoms in total. The molecule has 0 bridgehead atoms. The summed E-state index contributed by atoms with van der Waals surface area (Å²) in [5, 5.41) is 12.3. The summed E-state index contributed by atoms with van der Waals surface area (Å²) in [6, 6.07) is 93.8. The molecular formula is C70H42N2OS. The second-order valence-electron chi connectivity index (χ2n) is 19.6. The predicted octanol–water partition coefficient (Wildman–Crippen LogP) is 20.0. The summed E-state index contributed by atoms with van der Waals surface area (Å²) < 4.78 is 13.7. The Bertz CT molecular complexity index is 4930. The van der Waals surface area contributed by atoms with E-state index >= 15 is 0 Å². The van der Waals surface area contributed by atoms with Gasteiger partial charge in [0.1, 0.15) is 11.2 Å². The number of rotatable bonds is 6. The highest BCUT2D eigenvalue weighted by Crippen LogP contribution is 2.43. The first-order valence-corrected chi connectivity index (χ1v) is 26.1. The van der Waals surface area contributed by atoms with Crippen LogP contribution in [-0.2, 0) is 0 Å². The molecule has 16 aromatic rings. The van der Waals surface area contributed by atoms with Gasteiger partial charge in [-0.1, -0.05) is 152 Å². The highest BCUT2D eigenvalue weighted by atomic mass is 32.1. The Morgan fingerprint density at radius 1 is 0.257 bits per heavy atom. The summed E-state index contributed by atoms with van der Waals surface area (Å²) in [5.41, 5.74) is 18.4. The molecule has 0 saturated heterocycles. The van der Waals surface area contributed by atoms with E-state index in [2.05, 4.69) is 252 Å². The van der Waals surface area contributed by atoms with Crippen LogP contribution in [0.3, 0.4) is 0 Å². The van der Waals surface area contributed by atoms with Crippen molar-refractivity contribution in [2.45, 2.75) is 0 Å². The van der Waals surface area contributed by atoms with Crippen molar-refractivity contribution < 1.29 is 4.42 Å². The summed E-state index contributed by atoms with van der Waals surface area (Å²) in [6.07, 6.45) is 0. The van der Waals surface area contributed by atoms with Gasteiger partial charge in [-0.05, 0) is 158 Å². The summed E-state index contributed by atoms with van der Waals surface area (Å²) >= 11 is 1.86. The van der Waals surface area contributed by atoms with Gasteiger partial charge < -0.3 is 13.6 Å². The molecule has 74 heavy (non-hydrogen) atoms. The van der Waals surface area contributed by atoms with Crippen LogP contribution in [0, 0.1) is 0 Å². The molecule has 0 N–H and O–H groups in total. The SMILES string of the molecule is c1ccc(-c2ccc(-n3c4ccc(-c5ccc6sc7ccccc7c6c5)cc4c4cc(-c5ccc6c(c5)c5c7ccccc7ccc5n6-c5ccc(-c6ccc7oc8ccccc8c7c6)cc5)ccc43)cc2)cc1. The van der Waals surface area contributed by atoms with Crippen LogP contribution < -0.4 is 0 Å². The minimum atomic E-state index is 0.908. The average Bonchev–Trinajstić information content (AvgIpc) is 4.23. The van der Waals surface area contributed by atoms with Gasteiger partial charge in [-0.3, -0.25) is 0 Å². The van der Waals surface area contributed by atoms with Crippen molar-refractivity contribution in [2.24, 2.45) is 0 Å². The minimum Gasteiger partial charge on any atom is -0.456 e. The molecule has 12 aromatic carbocycles. The van der Waals surface area contributed by atoms with Crippen LogP contribution in [-0.4, -0.2) is 9.13 Å². The number of furan rings is 1. The number of aromatic nitrogens is 2. The lowest BCUT2D eigenvalue weighted by Crippen LogP contribution is -1.94. The molecule has 0 amide bonds. The van der Waals surface area contributed by atoms with E-state index in [1.807, 2.05) is 23.5 Å². The molecule has 4 aromatic heterocycles. The van der Waals surface area contributed by atoms with E-state index in [1.54, 1.807) is 0 Å². The Morgan fingerprint density at radius 3 is 1.42 bits per heavy atom. The van der Waals surface area contributed by atoms with Gasteiger partial charge in [0.05, 0.1) is 22.1 Å². The van der Waals surface area contributed by atoms with E-state index in [4.69, 9.17) is 4.42 Å². The van der Waals surface area contributed by atoms with Crippen molar-refractivity contribution in [3.8, 4) is 55.9 Å². The van der Waals surface area contributed by atoms with Gasteiger partial charge in [-0.2, -0.15) is 0 Å². The number of benzene rings is 12. The molecule has 0 saturated carbocycles. The van der Waals surface area contributed by atoms with Gasteiger partial charge in [0, 0.05) is 63.9 Å². The summed E-state index contributed by atoms with van der Waals surface area (Å²) in [6.45, 7) is 0. The maximum atomic E-state index is 6.16. The van der Waals surface area contributed by atoms with E-state index in [-0.39, 0.29) is 0 Å². The van der Waals surface area contributed by atoms with Gasteiger partial charge in [0.25, 0.3) is 0 Å². The molecule has 0 atom stereocenters. The van der Waals surface area contributed by atoms with Crippen molar-refractivity contribution in [3.05, 3.63) is 255 Å². The predicted molar refractivity (Wildman–Crippen MR) is 315 cm³/mol. The molecule has 4 heteroatoms. The Balaban J connectivity index is 0.853. The number of nitrogens with zero attached hydrogens (tertiary/aromatic N) is 2. The topological polar surface area (TPSA) is 23.0 Å². The second kappa shape index (κ2) is 16.0. The second-order valence-corrected chi connectivity index (χ2v) is 20.7. The maximum absolute atomic E-state index is 6.16. The third kappa shape index (κ3) is 6.32. The Morgan fingerprint density at radius 2 is 0.703 bits per heavy atom. The van der Waals surface area contributed by atoms with E-state index in [1.165, 1.54) is 119 Å². The fourth-order valence-electron chi connectivity index (χ4n) is 12.0. The lowest BCUT2D eigenvalue weighted by molar-refractivity contribution is 0.669. The van der Waals surface area contributed by atoms with Crippen LogP contribution in [0.25, 0.3) is 152 Å². The molecule has 344 valence electrons. The highest BCUT2D eigenvalue weighted by Gasteiger charge is 2.20. The lowest BCUT2D eigenvalue weighted by Gasteiger charge is -2.11. The third-order valence-corrected chi connectivity index (χ3v) is 16.7. The van der Waals surface area contributed by atoms with Crippen molar-refractivity contribution in [2.75, 3.05) is 0 Å². The van der Waals surface area contributed by atoms with E-state index in [9.17, 15) is 0 Å².